The van der Waals surface area contributed by atoms with E-state index < -0.39 is 6.10 Å². The van der Waals surface area contributed by atoms with Gasteiger partial charge < -0.3 is 20.6 Å². The molecule has 0 aromatic heterocycles. The Hall–Kier alpha value is -1.26. The van der Waals surface area contributed by atoms with Crippen molar-refractivity contribution in [2.24, 2.45) is 0 Å². The first kappa shape index (κ1) is 11.8. The van der Waals surface area contributed by atoms with E-state index in [0.717, 1.165) is 0 Å². The number of phenols is 2. The van der Waals surface area contributed by atoms with Gasteiger partial charge in [-0.3, -0.25) is 0 Å². The summed E-state index contributed by atoms with van der Waals surface area (Å²) in [6.45, 7) is 4.03. The number of aliphatic hydroxyl groups is 1. The predicted molar refractivity (Wildman–Crippen MR) is 57.9 cm³/mol. The van der Waals surface area contributed by atoms with Crippen LogP contribution in [0.4, 0.5) is 0 Å². The molecule has 0 aliphatic rings. The van der Waals surface area contributed by atoms with Crippen LogP contribution < -0.4 is 5.32 Å². The van der Waals surface area contributed by atoms with E-state index in [1.165, 1.54) is 12.1 Å². The van der Waals surface area contributed by atoms with Crippen molar-refractivity contribution in [2.45, 2.75) is 26.0 Å². The highest BCUT2D eigenvalue weighted by molar-refractivity contribution is 5.40. The molecule has 4 nitrogen and oxygen atoms in total. The first-order valence-corrected chi connectivity index (χ1v) is 4.94. The summed E-state index contributed by atoms with van der Waals surface area (Å²) in [5, 5.41) is 30.8. The molecule has 0 aliphatic carbocycles. The van der Waals surface area contributed by atoms with E-state index in [2.05, 4.69) is 5.32 Å². The molecule has 2 atom stereocenters. The second-order valence-corrected chi connectivity index (χ2v) is 3.72. The van der Waals surface area contributed by atoms with Gasteiger partial charge >= 0.3 is 0 Å². The first-order valence-electron chi connectivity index (χ1n) is 4.94. The second-order valence-electron chi connectivity index (χ2n) is 3.72. The Bertz CT molecular complexity index is 326. The van der Waals surface area contributed by atoms with Crippen LogP contribution in [0.25, 0.3) is 0 Å². The van der Waals surface area contributed by atoms with E-state index >= 15 is 0 Å². The molecular weight excluding hydrogens is 194 g/mol. The Labute approximate surface area is 89.2 Å². The van der Waals surface area contributed by atoms with Crippen LogP contribution in [0.1, 0.15) is 25.5 Å². The van der Waals surface area contributed by atoms with Crippen LogP contribution >= 0.6 is 0 Å². The molecule has 1 aromatic rings. The summed E-state index contributed by atoms with van der Waals surface area (Å²) in [5.74, 6) is 0.0968. The molecule has 4 heteroatoms. The zero-order chi connectivity index (χ0) is 11.4. The molecule has 0 aliphatic heterocycles. The Morgan fingerprint density at radius 1 is 1.27 bits per heavy atom. The summed E-state index contributed by atoms with van der Waals surface area (Å²) >= 11 is 0. The minimum absolute atomic E-state index is 0.0407. The topological polar surface area (TPSA) is 72.7 Å². The number of hydrogen-bond donors (Lipinski definition) is 4. The number of aliphatic hydroxyl groups excluding tert-OH is 1. The highest BCUT2D eigenvalue weighted by Crippen LogP contribution is 2.27. The highest BCUT2D eigenvalue weighted by atomic mass is 16.3. The van der Waals surface area contributed by atoms with Gasteiger partial charge in [0, 0.05) is 24.2 Å². The Morgan fingerprint density at radius 3 is 2.47 bits per heavy atom. The largest absolute Gasteiger partial charge is 0.508 e. The van der Waals surface area contributed by atoms with E-state index in [0.29, 0.717) is 12.1 Å². The van der Waals surface area contributed by atoms with E-state index in [4.69, 9.17) is 10.2 Å². The van der Waals surface area contributed by atoms with Crippen LogP contribution in [0.3, 0.4) is 0 Å². The van der Waals surface area contributed by atoms with Crippen molar-refractivity contribution >= 4 is 0 Å². The number of phenolic OH excluding ortho intramolecular Hbond substituents is 2. The monoisotopic (exact) mass is 211 g/mol. The zero-order valence-electron chi connectivity index (χ0n) is 8.94. The maximum atomic E-state index is 9.56. The van der Waals surface area contributed by atoms with Crippen LogP contribution in [0, 0.1) is 0 Å². The van der Waals surface area contributed by atoms with E-state index in [1.807, 2.05) is 6.92 Å². The fourth-order valence-corrected chi connectivity index (χ4v) is 1.36. The van der Waals surface area contributed by atoms with Crippen molar-refractivity contribution in [1.82, 2.24) is 5.32 Å². The third kappa shape index (κ3) is 3.42. The van der Waals surface area contributed by atoms with Gasteiger partial charge in [0.1, 0.15) is 11.5 Å². The lowest BCUT2D eigenvalue weighted by Crippen LogP contribution is -2.27. The molecular formula is C11H17NO3. The SMILES string of the molecule is CC(O)CNC(C)c1ccc(O)cc1O. The molecule has 2 unspecified atom stereocenters. The molecule has 0 spiro atoms. The van der Waals surface area contributed by atoms with Crippen molar-refractivity contribution in [3.8, 4) is 11.5 Å². The third-order valence-electron chi connectivity index (χ3n) is 2.20. The quantitative estimate of drug-likeness (QED) is 0.602. The van der Waals surface area contributed by atoms with E-state index in [9.17, 15) is 5.11 Å². The average molecular weight is 211 g/mol. The van der Waals surface area contributed by atoms with Gasteiger partial charge in [0.2, 0.25) is 0 Å². The van der Waals surface area contributed by atoms with Gasteiger partial charge in [-0.1, -0.05) is 6.07 Å². The summed E-state index contributed by atoms with van der Waals surface area (Å²) in [5.41, 5.74) is 0.702. The summed E-state index contributed by atoms with van der Waals surface area (Å²) in [7, 11) is 0. The summed E-state index contributed by atoms with van der Waals surface area (Å²) in [6, 6.07) is 4.41. The number of hydrogen-bond acceptors (Lipinski definition) is 4. The molecule has 0 amide bonds. The number of aromatic hydroxyl groups is 2. The average Bonchev–Trinajstić information content (AvgIpc) is 2.14. The van der Waals surface area contributed by atoms with Crippen LogP contribution in [-0.4, -0.2) is 28.0 Å². The van der Waals surface area contributed by atoms with Crippen molar-refractivity contribution in [3.63, 3.8) is 0 Å². The summed E-state index contributed by atoms with van der Waals surface area (Å²) in [4.78, 5) is 0. The number of benzene rings is 1. The highest BCUT2D eigenvalue weighted by Gasteiger charge is 2.10. The molecule has 0 fully saturated rings. The zero-order valence-corrected chi connectivity index (χ0v) is 8.94. The minimum atomic E-state index is -0.424. The Morgan fingerprint density at radius 2 is 1.93 bits per heavy atom. The fraction of sp³-hybridized carbons (Fsp3) is 0.455. The summed E-state index contributed by atoms with van der Waals surface area (Å²) < 4.78 is 0. The molecule has 0 radical (unpaired) electrons. The third-order valence-corrected chi connectivity index (χ3v) is 2.20. The van der Waals surface area contributed by atoms with Crippen molar-refractivity contribution < 1.29 is 15.3 Å². The van der Waals surface area contributed by atoms with Gasteiger partial charge in [0.25, 0.3) is 0 Å². The predicted octanol–water partition coefficient (Wildman–Crippen LogP) is 1.13. The normalized spacial score (nSPS) is 14.9. The molecule has 4 N–H and O–H groups in total. The van der Waals surface area contributed by atoms with Gasteiger partial charge in [-0.25, -0.2) is 0 Å². The first-order chi connectivity index (χ1) is 7.00. The van der Waals surface area contributed by atoms with Gasteiger partial charge in [-0.05, 0) is 19.9 Å². The lowest BCUT2D eigenvalue weighted by molar-refractivity contribution is 0.187. The van der Waals surface area contributed by atoms with Crippen molar-refractivity contribution in [2.75, 3.05) is 6.54 Å². The minimum Gasteiger partial charge on any atom is -0.508 e. The van der Waals surface area contributed by atoms with E-state index in [1.54, 1.807) is 13.0 Å². The smallest absolute Gasteiger partial charge is 0.124 e. The van der Waals surface area contributed by atoms with Crippen LogP contribution in [-0.2, 0) is 0 Å². The molecule has 1 aromatic carbocycles. The lowest BCUT2D eigenvalue weighted by atomic mass is 10.1. The van der Waals surface area contributed by atoms with Gasteiger partial charge in [-0.2, -0.15) is 0 Å². The maximum Gasteiger partial charge on any atom is 0.124 e. The van der Waals surface area contributed by atoms with Crippen molar-refractivity contribution in [1.29, 1.82) is 0 Å². The Balaban J connectivity index is 2.69. The van der Waals surface area contributed by atoms with Gasteiger partial charge in [0.05, 0.1) is 6.10 Å². The van der Waals surface area contributed by atoms with Crippen LogP contribution in [0.2, 0.25) is 0 Å². The van der Waals surface area contributed by atoms with Gasteiger partial charge in [-0.15, -0.1) is 0 Å². The molecule has 84 valence electrons. The van der Waals surface area contributed by atoms with Gasteiger partial charge in [0.15, 0.2) is 0 Å². The molecule has 0 heterocycles. The Kier molecular flexibility index (Phi) is 3.94. The number of rotatable bonds is 4. The fourth-order valence-electron chi connectivity index (χ4n) is 1.36. The lowest BCUT2D eigenvalue weighted by Gasteiger charge is -2.16. The molecule has 15 heavy (non-hydrogen) atoms. The van der Waals surface area contributed by atoms with Crippen LogP contribution in [0.5, 0.6) is 11.5 Å². The van der Waals surface area contributed by atoms with Crippen LogP contribution in [0.15, 0.2) is 18.2 Å². The molecule has 0 saturated heterocycles. The standard InChI is InChI=1S/C11H17NO3/c1-7(13)6-12-8(2)10-4-3-9(14)5-11(10)15/h3-5,7-8,12-15H,6H2,1-2H3. The van der Waals surface area contributed by atoms with Crippen molar-refractivity contribution in [3.05, 3.63) is 23.8 Å². The molecule has 1 rings (SSSR count). The summed E-state index contributed by atoms with van der Waals surface area (Å²) in [6.07, 6.45) is -0.424. The maximum absolute atomic E-state index is 9.56. The molecule has 0 bridgehead atoms. The number of nitrogens with one attached hydrogen (secondary N) is 1. The van der Waals surface area contributed by atoms with E-state index in [-0.39, 0.29) is 17.5 Å². The molecule has 0 saturated carbocycles. The second kappa shape index (κ2) is 5.00.